The van der Waals surface area contributed by atoms with Gasteiger partial charge in [-0.2, -0.15) is 0 Å². The minimum atomic E-state index is -0.274. The van der Waals surface area contributed by atoms with Crippen LogP contribution in [0.1, 0.15) is 10.9 Å². The van der Waals surface area contributed by atoms with Crippen LogP contribution >= 0.6 is 11.8 Å². The van der Waals surface area contributed by atoms with Crippen LogP contribution < -0.4 is 9.64 Å². The fourth-order valence-electron chi connectivity index (χ4n) is 2.32. The largest absolute Gasteiger partial charge is 0.497 e. The van der Waals surface area contributed by atoms with Gasteiger partial charge in [0.2, 0.25) is 5.91 Å². The number of carbonyl (C=O) groups is 1. The van der Waals surface area contributed by atoms with Crippen LogP contribution in [-0.4, -0.2) is 18.8 Å². The van der Waals surface area contributed by atoms with Crippen LogP contribution in [0.3, 0.4) is 0 Å². The van der Waals surface area contributed by atoms with Crippen molar-refractivity contribution < 1.29 is 13.9 Å². The molecular formula is C16H14FNO2S. The summed E-state index contributed by atoms with van der Waals surface area (Å²) in [4.78, 5) is 13.9. The van der Waals surface area contributed by atoms with Crippen molar-refractivity contribution in [1.29, 1.82) is 0 Å². The molecule has 2 aromatic rings. The number of benzene rings is 2. The molecule has 1 fully saturated rings. The standard InChI is InChI=1S/C16H14FNO2S/c1-20-14-8-6-13(7-9-14)18-15(19)10-21-16(18)11-2-4-12(17)5-3-11/h2-9,16H,10H2,1H3/t16-/m1/s1. The van der Waals surface area contributed by atoms with Gasteiger partial charge < -0.3 is 4.74 Å². The van der Waals surface area contributed by atoms with Crippen LogP contribution in [-0.2, 0) is 4.79 Å². The highest BCUT2D eigenvalue weighted by Crippen LogP contribution is 2.41. The maximum absolute atomic E-state index is 13.1. The molecule has 0 saturated carbocycles. The van der Waals surface area contributed by atoms with Crippen molar-refractivity contribution in [1.82, 2.24) is 0 Å². The highest BCUT2D eigenvalue weighted by Gasteiger charge is 2.33. The summed E-state index contributed by atoms with van der Waals surface area (Å²) in [6, 6.07) is 13.7. The maximum atomic E-state index is 13.1. The normalized spacial score (nSPS) is 18.1. The molecule has 1 aliphatic heterocycles. The molecule has 2 aromatic carbocycles. The summed E-state index contributed by atoms with van der Waals surface area (Å²) in [7, 11) is 1.60. The minimum Gasteiger partial charge on any atom is -0.497 e. The van der Waals surface area contributed by atoms with Crippen molar-refractivity contribution >= 4 is 23.4 Å². The molecule has 0 aliphatic carbocycles. The molecule has 3 nitrogen and oxygen atoms in total. The van der Waals surface area contributed by atoms with Gasteiger partial charge in [-0.15, -0.1) is 11.8 Å². The van der Waals surface area contributed by atoms with E-state index in [0.717, 1.165) is 17.0 Å². The molecule has 0 N–H and O–H groups in total. The number of rotatable bonds is 3. The van der Waals surface area contributed by atoms with E-state index in [1.807, 2.05) is 24.3 Å². The van der Waals surface area contributed by atoms with Gasteiger partial charge in [-0.3, -0.25) is 9.69 Å². The Labute approximate surface area is 126 Å². The summed E-state index contributed by atoms with van der Waals surface area (Å²) in [5, 5.41) is -0.119. The summed E-state index contributed by atoms with van der Waals surface area (Å²) >= 11 is 1.55. The first-order chi connectivity index (χ1) is 10.2. The van der Waals surface area contributed by atoms with E-state index in [0.29, 0.717) is 5.75 Å². The Hall–Kier alpha value is -2.01. The molecule has 108 valence electrons. The summed E-state index contributed by atoms with van der Waals surface area (Å²) in [5.41, 5.74) is 1.74. The van der Waals surface area contributed by atoms with Crippen molar-refractivity contribution in [3.8, 4) is 5.75 Å². The van der Waals surface area contributed by atoms with E-state index in [1.54, 1.807) is 35.9 Å². The van der Waals surface area contributed by atoms with Gasteiger partial charge in [-0.05, 0) is 42.0 Å². The second-order valence-corrected chi connectivity index (χ2v) is 5.75. The first-order valence-corrected chi connectivity index (χ1v) is 7.57. The number of methoxy groups -OCH3 is 1. The molecule has 1 saturated heterocycles. The summed E-state index contributed by atoms with van der Waals surface area (Å²) < 4.78 is 18.2. The number of thioether (sulfide) groups is 1. The Morgan fingerprint density at radius 2 is 1.81 bits per heavy atom. The van der Waals surface area contributed by atoms with E-state index < -0.39 is 0 Å². The van der Waals surface area contributed by atoms with Crippen molar-refractivity contribution in [3.05, 3.63) is 59.9 Å². The lowest BCUT2D eigenvalue weighted by Gasteiger charge is -2.24. The van der Waals surface area contributed by atoms with Crippen LogP contribution in [0.2, 0.25) is 0 Å². The molecular weight excluding hydrogens is 289 g/mol. The van der Waals surface area contributed by atoms with E-state index in [9.17, 15) is 9.18 Å². The van der Waals surface area contributed by atoms with E-state index in [4.69, 9.17) is 4.74 Å². The number of hydrogen-bond donors (Lipinski definition) is 0. The second kappa shape index (κ2) is 5.77. The molecule has 1 atom stereocenters. The highest BCUT2D eigenvalue weighted by molar-refractivity contribution is 8.00. The minimum absolute atomic E-state index is 0.0551. The van der Waals surface area contributed by atoms with Crippen LogP contribution in [0.5, 0.6) is 5.75 Å². The van der Waals surface area contributed by atoms with Crippen molar-refractivity contribution in [2.45, 2.75) is 5.37 Å². The van der Waals surface area contributed by atoms with E-state index in [1.165, 1.54) is 12.1 Å². The summed E-state index contributed by atoms with van der Waals surface area (Å²) in [6.45, 7) is 0. The number of nitrogens with zero attached hydrogens (tertiary/aromatic N) is 1. The van der Waals surface area contributed by atoms with Crippen LogP contribution in [0.25, 0.3) is 0 Å². The van der Waals surface area contributed by atoms with Gasteiger partial charge in [0.1, 0.15) is 16.9 Å². The molecule has 5 heteroatoms. The number of ether oxygens (including phenoxy) is 1. The third kappa shape index (κ3) is 2.74. The van der Waals surface area contributed by atoms with Gasteiger partial charge in [-0.25, -0.2) is 4.39 Å². The zero-order chi connectivity index (χ0) is 14.8. The lowest BCUT2D eigenvalue weighted by Crippen LogP contribution is -2.27. The highest BCUT2D eigenvalue weighted by atomic mass is 32.2. The van der Waals surface area contributed by atoms with Gasteiger partial charge in [-0.1, -0.05) is 12.1 Å². The van der Waals surface area contributed by atoms with Crippen molar-refractivity contribution in [2.24, 2.45) is 0 Å². The SMILES string of the molecule is COc1ccc(N2C(=O)CS[C@@H]2c2ccc(F)cc2)cc1. The maximum Gasteiger partial charge on any atom is 0.238 e. The third-order valence-corrected chi connectivity index (χ3v) is 4.59. The number of amides is 1. The average Bonchev–Trinajstić information content (AvgIpc) is 2.90. The first-order valence-electron chi connectivity index (χ1n) is 6.52. The molecule has 0 spiro atoms. The Morgan fingerprint density at radius 1 is 1.14 bits per heavy atom. The molecule has 0 radical (unpaired) electrons. The second-order valence-electron chi connectivity index (χ2n) is 4.68. The van der Waals surface area contributed by atoms with E-state index in [2.05, 4.69) is 0 Å². The molecule has 0 bridgehead atoms. The monoisotopic (exact) mass is 303 g/mol. The Bertz CT molecular complexity index is 642. The fourth-order valence-corrected chi connectivity index (χ4v) is 3.50. The Morgan fingerprint density at radius 3 is 2.43 bits per heavy atom. The Kier molecular flexibility index (Phi) is 3.84. The van der Waals surface area contributed by atoms with Crippen LogP contribution in [0.4, 0.5) is 10.1 Å². The number of halogens is 1. The van der Waals surface area contributed by atoms with E-state index >= 15 is 0 Å². The average molecular weight is 303 g/mol. The van der Waals surface area contributed by atoms with Gasteiger partial charge in [0.05, 0.1) is 12.9 Å². The molecule has 21 heavy (non-hydrogen) atoms. The zero-order valence-electron chi connectivity index (χ0n) is 11.5. The lowest BCUT2D eigenvalue weighted by atomic mass is 10.2. The van der Waals surface area contributed by atoms with Crippen LogP contribution in [0.15, 0.2) is 48.5 Å². The third-order valence-electron chi connectivity index (χ3n) is 3.37. The molecule has 0 unspecified atom stereocenters. The predicted octanol–water partition coefficient (Wildman–Crippen LogP) is 3.61. The topological polar surface area (TPSA) is 29.5 Å². The number of carbonyl (C=O) groups excluding carboxylic acids is 1. The fraction of sp³-hybridized carbons (Fsp3) is 0.188. The van der Waals surface area contributed by atoms with Gasteiger partial charge in [0.25, 0.3) is 0 Å². The first kappa shape index (κ1) is 13.9. The summed E-state index contributed by atoms with van der Waals surface area (Å²) in [5.74, 6) is 0.952. The number of anilines is 1. The van der Waals surface area contributed by atoms with Crippen molar-refractivity contribution in [3.63, 3.8) is 0 Å². The smallest absolute Gasteiger partial charge is 0.238 e. The molecule has 1 heterocycles. The molecule has 1 amide bonds. The Balaban J connectivity index is 1.93. The lowest BCUT2D eigenvalue weighted by molar-refractivity contribution is -0.115. The van der Waals surface area contributed by atoms with Gasteiger partial charge >= 0.3 is 0 Å². The van der Waals surface area contributed by atoms with Gasteiger partial charge in [0.15, 0.2) is 0 Å². The van der Waals surface area contributed by atoms with Crippen molar-refractivity contribution in [2.75, 3.05) is 17.8 Å². The van der Waals surface area contributed by atoms with E-state index in [-0.39, 0.29) is 17.1 Å². The quantitative estimate of drug-likeness (QED) is 0.867. The summed E-state index contributed by atoms with van der Waals surface area (Å²) in [6.07, 6.45) is 0. The predicted molar refractivity (Wildman–Crippen MR) is 82.1 cm³/mol. The molecule has 1 aliphatic rings. The molecule has 3 rings (SSSR count). The number of hydrogen-bond acceptors (Lipinski definition) is 3. The van der Waals surface area contributed by atoms with Gasteiger partial charge in [0, 0.05) is 5.69 Å². The van der Waals surface area contributed by atoms with Crippen LogP contribution in [0, 0.1) is 5.82 Å². The zero-order valence-corrected chi connectivity index (χ0v) is 12.3. The molecule has 0 aromatic heterocycles.